The molecule has 7 heteroatoms. The first-order chi connectivity index (χ1) is 12.8. The molecular formula is C19H34N6S. The molecule has 0 spiro atoms. The van der Waals surface area contributed by atoms with Crippen molar-refractivity contribution in [2.75, 3.05) is 31.9 Å². The van der Waals surface area contributed by atoms with Gasteiger partial charge in [-0.1, -0.05) is 13.3 Å². The van der Waals surface area contributed by atoms with Crippen molar-refractivity contribution < 1.29 is 0 Å². The maximum atomic E-state index is 4.90. The lowest BCUT2D eigenvalue weighted by Gasteiger charge is -2.34. The smallest absolute Gasteiger partial charge is 0.193 e. The zero-order valence-electron chi connectivity index (χ0n) is 16.4. The molecule has 0 amide bonds. The van der Waals surface area contributed by atoms with Crippen LogP contribution in [0.25, 0.3) is 0 Å². The van der Waals surface area contributed by atoms with Gasteiger partial charge in [-0.05, 0) is 32.6 Å². The molecule has 0 saturated carbocycles. The maximum absolute atomic E-state index is 4.90. The van der Waals surface area contributed by atoms with E-state index in [1.165, 1.54) is 37.3 Å². The van der Waals surface area contributed by atoms with Crippen LogP contribution in [0.4, 0.5) is 0 Å². The van der Waals surface area contributed by atoms with Crippen molar-refractivity contribution in [1.29, 1.82) is 0 Å². The van der Waals surface area contributed by atoms with Gasteiger partial charge in [-0.25, -0.2) is 0 Å². The number of nitrogens with one attached hydrogen (secondary N) is 1. The minimum Gasteiger partial charge on any atom is -0.357 e. The molecule has 1 aromatic rings. The molecule has 146 valence electrons. The van der Waals surface area contributed by atoms with E-state index < -0.39 is 0 Å². The molecule has 1 aromatic heterocycles. The van der Waals surface area contributed by atoms with E-state index in [0.29, 0.717) is 0 Å². The van der Waals surface area contributed by atoms with Crippen LogP contribution in [-0.2, 0) is 19.4 Å². The summed E-state index contributed by atoms with van der Waals surface area (Å²) < 4.78 is 2.36. The summed E-state index contributed by atoms with van der Waals surface area (Å²) in [5.74, 6) is 4.63. The van der Waals surface area contributed by atoms with Crippen molar-refractivity contribution in [3.8, 4) is 0 Å². The van der Waals surface area contributed by atoms with Gasteiger partial charge in [-0.2, -0.15) is 11.8 Å². The van der Waals surface area contributed by atoms with Gasteiger partial charge in [0, 0.05) is 56.6 Å². The fourth-order valence-corrected chi connectivity index (χ4v) is 4.92. The molecule has 0 aliphatic carbocycles. The standard InChI is InChI=1S/C19H34N6S/c1-3-16-15-24(13-14-26-16)19(20-4-2)21-11-8-10-18-23-22-17-9-6-5-7-12-25(17)18/h16H,3-15H2,1-2H3,(H,20,21). The molecular weight excluding hydrogens is 344 g/mol. The van der Waals surface area contributed by atoms with Crippen molar-refractivity contribution in [3.05, 3.63) is 11.6 Å². The van der Waals surface area contributed by atoms with E-state index in [9.17, 15) is 0 Å². The van der Waals surface area contributed by atoms with Gasteiger partial charge in [0.2, 0.25) is 0 Å². The maximum Gasteiger partial charge on any atom is 0.193 e. The van der Waals surface area contributed by atoms with E-state index in [1.807, 2.05) is 0 Å². The Kier molecular flexibility index (Phi) is 7.65. The first kappa shape index (κ1) is 19.5. The number of hydrogen-bond donors (Lipinski definition) is 1. The minimum absolute atomic E-state index is 0.735. The van der Waals surface area contributed by atoms with Crippen molar-refractivity contribution in [2.24, 2.45) is 4.99 Å². The van der Waals surface area contributed by atoms with E-state index in [0.717, 1.165) is 69.0 Å². The van der Waals surface area contributed by atoms with Crippen LogP contribution in [0.15, 0.2) is 4.99 Å². The fourth-order valence-electron chi connectivity index (χ4n) is 3.74. The van der Waals surface area contributed by atoms with Crippen molar-refractivity contribution in [2.45, 2.75) is 70.6 Å². The number of aliphatic imine (C=N–C) groups is 1. The molecule has 0 bridgehead atoms. The Labute approximate surface area is 162 Å². The molecule has 2 aliphatic rings. The Bertz CT molecular complexity index is 585. The summed E-state index contributed by atoms with van der Waals surface area (Å²) in [6, 6.07) is 0. The monoisotopic (exact) mass is 378 g/mol. The SMILES string of the molecule is CCNC(=NCCCc1nnc2n1CCCCC2)N1CCSC(CC)C1. The van der Waals surface area contributed by atoms with Gasteiger partial charge >= 0.3 is 0 Å². The van der Waals surface area contributed by atoms with Crippen LogP contribution in [0.5, 0.6) is 0 Å². The molecule has 1 fully saturated rings. The Balaban J connectivity index is 1.53. The molecule has 3 rings (SSSR count). The molecule has 0 radical (unpaired) electrons. The summed E-state index contributed by atoms with van der Waals surface area (Å²) in [5, 5.41) is 13.1. The molecule has 1 unspecified atom stereocenters. The number of hydrogen-bond acceptors (Lipinski definition) is 4. The highest BCUT2D eigenvalue weighted by Gasteiger charge is 2.21. The van der Waals surface area contributed by atoms with Gasteiger partial charge in [0.15, 0.2) is 5.96 Å². The van der Waals surface area contributed by atoms with Crippen LogP contribution >= 0.6 is 11.8 Å². The molecule has 1 atom stereocenters. The van der Waals surface area contributed by atoms with Crippen LogP contribution < -0.4 is 5.32 Å². The molecule has 6 nitrogen and oxygen atoms in total. The molecule has 1 saturated heterocycles. The van der Waals surface area contributed by atoms with Crippen LogP contribution in [0, 0.1) is 0 Å². The average molecular weight is 379 g/mol. The molecule has 26 heavy (non-hydrogen) atoms. The Morgan fingerprint density at radius 3 is 3.00 bits per heavy atom. The van der Waals surface area contributed by atoms with Gasteiger partial charge < -0.3 is 14.8 Å². The van der Waals surface area contributed by atoms with Crippen molar-refractivity contribution in [3.63, 3.8) is 0 Å². The highest BCUT2D eigenvalue weighted by atomic mass is 32.2. The zero-order valence-corrected chi connectivity index (χ0v) is 17.2. The lowest BCUT2D eigenvalue weighted by Crippen LogP contribution is -2.48. The Morgan fingerprint density at radius 1 is 1.23 bits per heavy atom. The van der Waals surface area contributed by atoms with Crippen LogP contribution in [-0.4, -0.2) is 62.8 Å². The summed E-state index contributed by atoms with van der Waals surface area (Å²) in [7, 11) is 0. The second-order valence-electron chi connectivity index (χ2n) is 7.18. The number of guanidine groups is 1. The van der Waals surface area contributed by atoms with Crippen LogP contribution in [0.3, 0.4) is 0 Å². The fraction of sp³-hybridized carbons (Fsp3) is 0.842. The first-order valence-corrected chi connectivity index (χ1v) is 11.4. The third-order valence-electron chi connectivity index (χ3n) is 5.23. The quantitative estimate of drug-likeness (QED) is 0.469. The third kappa shape index (κ3) is 5.15. The topological polar surface area (TPSA) is 58.3 Å². The van der Waals surface area contributed by atoms with Gasteiger partial charge in [-0.15, -0.1) is 10.2 Å². The normalized spacial score (nSPS) is 21.4. The van der Waals surface area contributed by atoms with E-state index in [4.69, 9.17) is 4.99 Å². The van der Waals surface area contributed by atoms with Crippen LogP contribution in [0.2, 0.25) is 0 Å². The van der Waals surface area contributed by atoms with Gasteiger partial charge in [-0.3, -0.25) is 4.99 Å². The van der Waals surface area contributed by atoms with E-state index >= 15 is 0 Å². The predicted octanol–water partition coefficient (Wildman–Crippen LogP) is 2.73. The highest BCUT2D eigenvalue weighted by Crippen LogP contribution is 2.21. The molecule has 3 heterocycles. The zero-order chi connectivity index (χ0) is 18.2. The van der Waals surface area contributed by atoms with Gasteiger partial charge in [0.05, 0.1) is 0 Å². The lowest BCUT2D eigenvalue weighted by molar-refractivity contribution is 0.408. The minimum atomic E-state index is 0.735. The van der Waals surface area contributed by atoms with Gasteiger partial charge in [0.25, 0.3) is 0 Å². The Morgan fingerprint density at radius 2 is 2.15 bits per heavy atom. The van der Waals surface area contributed by atoms with Crippen molar-refractivity contribution >= 4 is 17.7 Å². The second kappa shape index (κ2) is 10.2. The van der Waals surface area contributed by atoms with E-state index in [2.05, 4.69) is 50.6 Å². The third-order valence-corrected chi connectivity index (χ3v) is 6.61. The van der Waals surface area contributed by atoms with Gasteiger partial charge in [0.1, 0.15) is 11.6 Å². The average Bonchev–Trinajstić information content (AvgIpc) is 2.90. The summed E-state index contributed by atoms with van der Waals surface area (Å²) in [5.41, 5.74) is 0. The van der Waals surface area contributed by atoms with E-state index in [-0.39, 0.29) is 0 Å². The highest BCUT2D eigenvalue weighted by molar-refractivity contribution is 8.00. The second-order valence-corrected chi connectivity index (χ2v) is 8.59. The Hall–Kier alpha value is -1.24. The summed E-state index contributed by atoms with van der Waals surface area (Å²) in [6.07, 6.45) is 8.15. The molecule has 1 N–H and O–H groups in total. The van der Waals surface area contributed by atoms with Crippen molar-refractivity contribution in [1.82, 2.24) is 25.0 Å². The number of aryl methyl sites for hydroxylation is 2. The summed E-state index contributed by atoms with van der Waals surface area (Å²) in [4.78, 5) is 7.34. The molecule has 2 aliphatic heterocycles. The first-order valence-electron chi connectivity index (χ1n) is 10.4. The number of fused-ring (bicyclic) bond motifs is 1. The largest absolute Gasteiger partial charge is 0.357 e. The predicted molar refractivity (Wildman–Crippen MR) is 110 cm³/mol. The number of aromatic nitrogens is 3. The van der Waals surface area contributed by atoms with E-state index in [1.54, 1.807) is 0 Å². The van der Waals surface area contributed by atoms with Crippen LogP contribution in [0.1, 0.15) is 57.6 Å². The lowest BCUT2D eigenvalue weighted by atomic mass is 10.2. The number of thioether (sulfide) groups is 1. The summed E-state index contributed by atoms with van der Waals surface area (Å²) >= 11 is 2.10. The summed E-state index contributed by atoms with van der Waals surface area (Å²) in [6.45, 7) is 9.52. The number of nitrogens with zero attached hydrogens (tertiary/aromatic N) is 5. The number of rotatable bonds is 6. The molecule has 0 aromatic carbocycles.